The first-order valence-corrected chi connectivity index (χ1v) is 5.41. The molecule has 5 heteroatoms. The molecule has 1 fully saturated rings. The first-order chi connectivity index (χ1) is 7.20. The number of ether oxygens (including phenoxy) is 1. The largest absolute Gasteiger partial charge is 0.465 e. The second-order valence-electron chi connectivity index (χ2n) is 5.27. The minimum Gasteiger partial charge on any atom is -0.465 e. The van der Waals surface area contributed by atoms with Crippen LogP contribution < -0.4 is 0 Å². The lowest BCUT2D eigenvalue weighted by Gasteiger charge is -2.46. The van der Waals surface area contributed by atoms with Crippen LogP contribution in [0.1, 0.15) is 34.1 Å². The first kappa shape index (κ1) is 12.8. The van der Waals surface area contributed by atoms with E-state index < -0.39 is 17.1 Å². The van der Waals surface area contributed by atoms with Crippen LogP contribution in [0.2, 0.25) is 0 Å². The Bertz CT molecular complexity index is 300. The molecule has 0 saturated carbocycles. The van der Waals surface area contributed by atoms with E-state index in [2.05, 4.69) is 0 Å². The van der Waals surface area contributed by atoms with Crippen molar-refractivity contribution in [2.45, 2.75) is 39.7 Å². The Morgan fingerprint density at radius 2 is 1.88 bits per heavy atom. The third kappa shape index (κ3) is 2.46. The standard InChI is InChI=1S/C11H19NO4/c1-5-11(6-12(7-11)9(14)15)8(13)16-10(2,3)4/h5-7H2,1-4H3,(H,14,15). The Morgan fingerprint density at radius 1 is 1.38 bits per heavy atom. The Kier molecular flexibility index (Phi) is 3.17. The summed E-state index contributed by atoms with van der Waals surface area (Å²) in [6.45, 7) is 7.79. The maximum Gasteiger partial charge on any atom is 0.407 e. The number of esters is 1. The zero-order valence-corrected chi connectivity index (χ0v) is 10.2. The van der Waals surface area contributed by atoms with Gasteiger partial charge in [0, 0.05) is 13.1 Å². The van der Waals surface area contributed by atoms with Crippen LogP contribution in [0.3, 0.4) is 0 Å². The monoisotopic (exact) mass is 229 g/mol. The number of likely N-dealkylation sites (tertiary alicyclic amines) is 1. The molecule has 5 nitrogen and oxygen atoms in total. The van der Waals surface area contributed by atoms with Crippen molar-refractivity contribution in [1.82, 2.24) is 4.90 Å². The Labute approximate surface area is 95.4 Å². The van der Waals surface area contributed by atoms with E-state index in [4.69, 9.17) is 9.84 Å². The molecule has 1 N–H and O–H groups in total. The lowest BCUT2D eigenvalue weighted by atomic mass is 9.77. The average Bonchev–Trinajstić information content (AvgIpc) is 1.98. The lowest BCUT2D eigenvalue weighted by molar-refractivity contribution is -0.177. The summed E-state index contributed by atoms with van der Waals surface area (Å²) < 4.78 is 5.31. The summed E-state index contributed by atoms with van der Waals surface area (Å²) >= 11 is 0. The molecule has 0 radical (unpaired) electrons. The molecule has 1 heterocycles. The van der Waals surface area contributed by atoms with E-state index in [1.54, 1.807) is 0 Å². The van der Waals surface area contributed by atoms with E-state index >= 15 is 0 Å². The highest BCUT2D eigenvalue weighted by Crippen LogP contribution is 2.36. The highest BCUT2D eigenvalue weighted by atomic mass is 16.6. The van der Waals surface area contributed by atoms with Crippen LogP contribution >= 0.6 is 0 Å². The van der Waals surface area contributed by atoms with E-state index in [1.165, 1.54) is 4.90 Å². The van der Waals surface area contributed by atoms with Gasteiger partial charge in [-0.05, 0) is 27.2 Å². The van der Waals surface area contributed by atoms with Gasteiger partial charge in [0.05, 0.1) is 0 Å². The molecule has 1 rings (SSSR count). The molecular formula is C11H19NO4. The van der Waals surface area contributed by atoms with Crippen molar-refractivity contribution >= 4 is 12.1 Å². The molecule has 0 atom stereocenters. The normalized spacial score (nSPS) is 18.9. The van der Waals surface area contributed by atoms with Crippen molar-refractivity contribution < 1.29 is 19.4 Å². The topological polar surface area (TPSA) is 66.8 Å². The molecule has 0 aliphatic carbocycles. The summed E-state index contributed by atoms with van der Waals surface area (Å²) in [5.74, 6) is -0.292. The molecular weight excluding hydrogens is 210 g/mol. The van der Waals surface area contributed by atoms with Crippen LogP contribution in [0.15, 0.2) is 0 Å². The van der Waals surface area contributed by atoms with Gasteiger partial charge in [0.15, 0.2) is 0 Å². The smallest absolute Gasteiger partial charge is 0.407 e. The number of carboxylic acid groups (broad SMARTS) is 1. The Hall–Kier alpha value is -1.26. The maximum atomic E-state index is 11.9. The van der Waals surface area contributed by atoms with Gasteiger partial charge < -0.3 is 14.7 Å². The maximum absolute atomic E-state index is 11.9. The van der Waals surface area contributed by atoms with Crippen molar-refractivity contribution in [3.63, 3.8) is 0 Å². The van der Waals surface area contributed by atoms with Gasteiger partial charge in [-0.25, -0.2) is 4.79 Å². The molecule has 0 spiro atoms. The average molecular weight is 229 g/mol. The fourth-order valence-electron chi connectivity index (χ4n) is 1.70. The number of carbonyl (C=O) groups is 2. The highest BCUT2D eigenvalue weighted by molar-refractivity contribution is 5.81. The van der Waals surface area contributed by atoms with Crippen molar-refractivity contribution in [2.75, 3.05) is 13.1 Å². The van der Waals surface area contributed by atoms with E-state index in [0.29, 0.717) is 6.42 Å². The van der Waals surface area contributed by atoms with Gasteiger partial charge in [-0.1, -0.05) is 6.92 Å². The zero-order valence-electron chi connectivity index (χ0n) is 10.2. The summed E-state index contributed by atoms with van der Waals surface area (Å²) in [5, 5.41) is 8.75. The van der Waals surface area contributed by atoms with Crippen LogP contribution in [0.4, 0.5) is 4.79 Å². The number of hydrogen-bond donors (Lipinski definition) is 1. The van der Waals surface area contributed by atoms with Gasteiger partial charge in [0.1, 0.15) is 11.0 Å². The van der Waals surface area contributed by atoms with Crippen molar-refractivity contribution in [3.05, 3.63) is 0 Å². The summed E-state index contributed by atoms with van der Waals surface area (Å²) in [4.78, 5) is 23.8. The Balaban J connectivity index is 2.64. The van der Waals surface area contributed by atoms with Crippen LogP contribution in [-0.2, 0) is 9.53 Å². The molecule has 0 bridgehead atoms. The molecule has 1 aliphatic heterocycles. The zero-order chi connectivity index (χ0) is 12.6. The van der Waals surface area contributed by atoms with Gasteiger partial charge in [-0.15, -0.1) is 0 Å². The summed E-state index contributed by atoms with van der Waals surface area (Å²) in [6, 6.07) is 0. The first-order valence-electron chi connectivity index (χ1n) is 5.41. The molecule has 16 heavy (non-hydrogen) atoms. The van der Waals surface area contributed by atoms with Gasteiger partial charge >= 0.3 is 12.1 Å². The van der Waals surface area contributed by atoms with Crippen LogP contribution in [0, 0.1) is 5.41 Å². The molecule has 92 valence electrons. The Morgan fingerprint density at radius 3 is 2.19 bits per heavy atom. The fraction of sp³-hybridized carbons (Fsp3) is 0.818. The molecule has 0 aromatic heterocycles. The third-order valence-electron chi connectivity index (χ3n) is 2.77. The molecule has 1 aliphatic rings. The van der Waals surface area contributed by atoms with Crippen molar-refractivity contribution in [1.29, 1.82) is 0 Å². The number of carbonyl (C=O) groups excluding carboxylic acids is 1. The number of rotatable bonds is 2. The van der Waals surface area contributed by atoms with Crippen molar-refractivity contribution in [3.8, 4) is 0 Å². The predicted molar refractivity (Wildman–Crippen MR) is 58.2 cm³/mol. The summed E-state index contributed by atoms with van der Waals surface area (Å²) in [5.41, 5.74) is -1.16. The highest BCUT2D eigenvalue weighted by Gasteiger charge is 2.51. The predicted octanol–water partition coefficient (Wildman–Crippen LogP) is 1.72. The van der Waals surface area contributed by atoms with Gasteiger partial charge in [-0.3, -0.25) is 4.79 Å². The van der Waals surface area contributed by atoms with Crippen LogP contribution in [-0.4, -0.2) is 40.8 Å². The quantitative estimate of drug-likeness (QED) is 0.732. The van der Waals surface area contributed by atoms with Gasteiger partial charge in [0.2, 0.25) is 0 Å². The molecule has 0 unspecified atom stereocenters. The van der Waals surface area contributed by atoms with E-state index in [9.17, 15) is 9.59 Å². The van der Waals surface area contributed by atoms with E-state index in [-0.39, 0.29) is 19.1 Å². The molecule has 1 saturated heterocycles. The fourth-order valence-corrected chi connectivity index (χ4v) is 1.70. The second kappa shape index (κ2) is 3.96. The van der Waals surface area contributed by atoms with Crippen molar-refractivity contribution in [2.24, 2.45) is 5.41 Å². The van der Waals surface area contributed by atoms with E-state index in [1.807, 2.05) is 27.7 Å². The SMILES string of the molecule is CCC1(C(=O)OC(C)(C)C)CN(C(=O)O)C1. The van der Waals surface area contributed by atoms with E-state index in [0.717, 1.165) is 0 Å². The number of hydrogen-bond acceptors (Lipinski definition) is 3. The van der Waals surface area contributed by atoms with Crippen LogP contribution in [0.25, 0.3) is 0 Å². The third-order valence-corrected chi connectivity index (χ3v) is 2.77. The number of amides is 1. The number of nitrogens with zero attached hydrogens (tertiary/aromatic N) is 1. The summed E-state index contributed by atoms with van der Waals surface area (Å²) in [6.07, 6.45) is -0.376. The minimum atomic E-state index is -0.979. The second-order valence-corrected chi connectivity index (χ2v) is 5.27. The summed E-state index contributed by atoms with van der Waals surface area (Å²) in [7, 11) is 0. The molecule has 1 amide bonds. The van der Waals surface area contributed by atoms with Crippen LogP contribution in [0.5, 0.6) is 0 Å². The van der Waals surface area contributed by atoms with Gasteiger partial charge in [0.25, 0.3) is 0 Å². The molecule has 0 aromatic carbocycles. The minimum absolute atomic E-state index is 0.244. The molecule has 0 aromatic rings. The lowest BCUT2D eigenvalue weighted by Crippen LogP contribution is -2.62. The van der Waals surface area contributed by atoms with Gasteiger partial charge in [-0.2, -0.15) is 0 Å².